The molecule has 0 spiro atoms. The molecule has 5 heteroatoms. The zero-order chi connectivity index (χ0) is 16.2. The van der Waals surface area contributed by atoms with Crippen molar-refractivity contribution in [3.8, 4) is 0 Å². The molecule has 0 saturated heterocycles. The number of carboxylic acid groups (broad SMARTS) is 1. The molecule has 0 saturated carbocycles. The van der Waals surface area contributed by atoms with Gasteiger partial charge < -0.3 is 14.9 Å². The summed E-state index contributed by atoms with van der Waals surface area (Å²) in [4.78, 5) is 11.2. The zero-order valence-electron chi connectivity index (χ0n) is 12.6. The van der Waals surface area contributed by atoms with Crippen LogP contribution in [0.4, 0.5) is 0 Å². The maximum Gasteiger partial charge on any atom is 0.319 e. The van der Waals surface area contributed by atoms with Gasteiger partial charge in [-0.25, -0.2) is 0 Å². The predicted octanol–water partition coefficient (Wildman–Crippen LogP) is 2.36. The Bertz CT molecular complexity index is 814. The first-order valence-electron chi connectivity index (χ1n) is 7.48. The molecule has 0 fully saturated rings. The lowest BCUT2D eigenvalue weighted by Gasteiger charge is -2.10. The summed E-state index contributed by atoms with van der Waals surface area (Å²) >= 11 is 0. The van der Waals surface area contributed by atoms with Crippen molar-refractivity contribution in [2.45, 2.75) is 19.0 Å². The van der Waals surface area contributed by atoms with Crippen molar-refractivity contribution in [2.75, 3.05) is 0 Å². The van der Waals surface area contributed by atoms with Gasteiger partial charge in [0.2, 0.25) is 0 Å². The van der Waals surface area contributed by atoms with Crippen LogP contribution in [0.25, 0.3) is 10.9 Å². The standard InChI is InChI=1S/C18H17BN2O2/c19-20-16(18(22)23)10-14-12-21(11-13-6-2-1-3-7-13)17-9-5-4-8-15(14)17/h1-9,12,16,20H,10-11H2,(H,22,23). The Morgan fingerprint density at radius 2 is 1.83 bits per heavy atom. The molecule has 3 aromatic rings. The number of benzene rings is 2. The van der Waals surface area contributed by atoms with Crippen molar-refractivity contribution in [1.29, 1.82) is 0 Å². The van der Waals surface area contributed by atoms with Crippen LogP contribution in [0.5, 0.6) is 0 Å². The molecule has 2 aromatic carbocycles. The van der Waals surface area contributed by atoms with Crippen molar-refractivity contribution in [1.82, 2.24) is 9.79 Å². The number of carbonyl (C=O) groups is 1. The van der Waals surface area contributed by atoms with Crippen LogP contribution >= 0.6 is 0 Å². The molecule has 1 atom stereocenters. The number of carboxylic acids is 1. The molecule has 1 unspecified atom stereocenters. The van der Waals surface area contributed by atoms with Crippen molar-refractivity contribution >= 4 is 24.9 Å². The maximum absolute atomic E-state index is 11.2. The highest BCUT2D eigenvalue weighted by molar-refractivity contribution is 6.06. The van der Waals surface area contributed by atoms with E-state index in [1.807, 2.05) is 48.7 Å². The quantitative estimate of drug-likeness (QED) is 0.687. The molecule has 0 aliphatic heterocycles. The third-order valence-corrected chi connectivity index (χ3v) is 3.99. The second-order valence-corrected chi connectivity index (χ2v) is 5.55. The summed E-state index contributed by atoms with van der Waals surface area (Å²) in [6, 6.07) is 17.4. The molecule has 2 radical (unpaired) electrons. The van der Waals surface area contributed by atoms with Crippen molar-refractivity contribution in [2.24, 2.45) is 0 Å². The van der Waals surface area contributed by atoms with Gasteiger partial charge in [0.05, 0.1) is 6.04 Å². The van der Waals surface area contributed by atoms with Gasteiger partial charge in [-0.3, -0.25) is 4.79 Å². The number of hydrogen-bond acceptors (Lipinski definition) is 2. The van der Waals surface area contributed by atoms with Crippen molar-refractivity contribution < 1.29 is 9.90 Å². The summed E-state index contributed by atoms with van der Waals surface area (Å²) in [6.45, 7) is 0.745. The van der Waals surface area contributed by atoms with Gasteiger partial charge in [-0.2, -0.15) is 0 Å². The number of hydrogen-bond donors (Lipinski definition) is 2. The summed E-state index contributed by atoms with van der Waals surface area (Å²) in [5.74, 6) is -0.951. The molecular formula is C18H17BN2O2. The second-order valence-electron chi connectivity index (χ2n) is 5.55. The summed E-state index contributed by atoms with van der Waals surface area (Å²) in [7, 11) is 5.36. The number of nitrogens with zero attached hydrogens (tertiary/aromatic N) is 1. The normalized spacial score (nSPS) is 12.3. The summed E-state index contributed by atoms with van der Waals surface area (Å²) < 4.78 is 2.15. The zero-order valence-corrected chi connectivity index (χ0v) is 12.6. The van der Waals surface area contributed by atoms with Crippen LogP contribution < -0.4 is 5.23 Å². The Hall–Kier alpha value is -2.53. The minimum atomic E-state index is -0.951. The van der Waals surface area contributed by atoms with Gasteiger partial charge in [-0.05, 0) is 23.6 Å². The van der Waals surface area contributed by atoms with Crippen LogP contribution in [-0.2, 0) is 17.8 Å². The topological polar surface area (TPSA) is 54.3 Å². The molecule has 1 heterocycles. The summed E-state index contributed by atoms with van der Waals surface area (Å²) in [5, 5.41) is 12.6. The van der Waals surface area contributed by atoms with E-state index in [4.69, 9.17) is 7.98 Å². The lowest BCUT2D eigenvalue weighted by atomic mass is 10.0. The molecule has 23 heavy (non-hydrogen) atoms. The molecule has 1 aromatic heterocycles. The average Bonchev–Trinajstić information content (AvgIpc) is 2.91. The molecule has 2 N–H and O–H groups in total. The number of rotatable bonds is 6. The van der Waals surface area contributed by atoms with E-state index < -0.39 is 12.0 Å². The van der Waals surface area contributed by atoms with Gasteiger partial charge in [-0.15, -0.1) is 0 Å². The van der Waals surface area contributed by atoms with Gasteiger partial charge >= 0.3 is 5.97 Å². The van der Waals surface area contributed by atoms with Crippen LogP contribution in [0.2, 0.25) is 0 Å². The van der Waals surface area contributed by atoms with Gasteiger partial charge in [0.15, 0.2) is 7.98 Å². The molecule has 4 nitrogen and oxygen atoms in total. The number of fused-ring (bicyclic) bond motifs is 1. The third-order valence-electron chi connectivity index (χ3n) is 3.99. The summed E-state index contributed by atoms with van der Waals surface area (Å²) in [5.41, 5.74) is 3.26. The van der Waals surface area contributed by atoms with Crippen molar-refractivity contribution in [3.63, 3.8) is 0 Å². The largest absolute Gasteiger partial charge is 0.480 e. The Balaban J connectivity index is 1.98. The Labute approximate surface area is 136 Å². The van der Waals surface area contributed by atoms with Gasteiger partial charge in [0.25, 0.3) is 0 Å². The van der Waals surface area contributed by atoms with E-state index in [2.05, 4.69) is 21.9 Å². The minimum absolute atomic E-state index is 0.341. The average molecular weight is 304 g/mol. The van der Waals surface area contributed by atoms with Crippen LogP contribution in [0.3, 0.4) is 0 Å². The molecule has 0 aliphatic carbocycles. The van der Waals surface area contributed by atoms with E-state index in [1.165, 1.54) is 5.56 Å². The fraction of sp³-hybridized carbons (Fsp3) is 0.167. The van der Waals surface area contributed by atoms with Gasteiger partial charge in [0.1, 0.15) is 0 Å². The highest BCUT2D eigenvalue weighted by Crippen LogP contribution is 2.23. The SMILES string of the molecule is [B]NC(Cc1cn(Cc2ccccc2)c2ccccc12)C(=O)O. The lowest BCUT2D eigenvalue weighted by molar-refractivity contribution is -0.138. The van der Waals surface area contributed by atoms with E-state index in [0.717, 1.165) is 23.0 Å². The molecule has 3 rings (SSSR count). The molecule has 0 amide bonds. The highest BCUT2D eigenvalue weighted by Gasteiger charge is 2.18. The van der Waals surface area contributed by atoms with E-state index in [0.29, 0.717) is 6.42 Å². The van der Waals surface area contributed by atoms with E-state index in [9.17, 15) is 9.90 Å². The van der Waals surface area contributed by atoms with Crippen LogP contribution in [0.1, 0.15) is 11.1 Å². The first-order valence-corrected chi connectivity index (χ1v) is 7.48. The Kier molecular flexibility index (Phi) is 4.48. The molecule has 0 bridgehead atoms. The fourth-order valence-corrected chi connectivity index (χ4v) is 2.83. The third kappa shape index (κ3) is 3.30. The van der Waals surface area contributed by atoms with Gasteiger partial charge in [-0.1, -0.05) is 48.5 Å². The maximum atomic E-state index is 11.2. The first kappa shape index (κ1) is 15.4. The number of para-hydroxylation sites is 1. The molecule has 0 aliphatic rings. The van der Waals surface area contributed by atoms with E-state index in [-0.39, 0.29) is 0 Å². The smallest absolute Gasteiger partial charge is 0.319 e. The number of aromatic nitrogens is 1. The highest BCUT2D eigenvalue weighted by atomic mass is 16.4. The van der Waals surface area contributed by atoms with E-state index >= 15 is 0 Å². The van der Waals surface area contributed by atoms with Gasteiger partial charge in [0, 0.05) is 23.6 Å². The Morgan fingerprint density at radius 3 is 2.52 bits per heavy atom. The number of aliphatic carboxylic acids is 1. The lowest BCUT2D eigenvalue weighted by Crippen LogP contribution is -2.36. The monoisotopic (exact) mass is 304 g/mol. The Morgan fingerprint density at radius 1 is 1.13 bits per heavy atom. The second kappa shape index (κ2) is 6.71. The number of nitrogens with one attached hydrogen (secondary N) is 1. The minimum Gasteiger partial charge on any atom is -0.480 e. The summed E-state index contributed by atoms with van der Waals surface area (Å²) in [6.07, 6.45) is 2.36. The van der Waals surface area contributed by atoms with Crippen LogP contribution in [0, 0.1) is 0 Å². The molecule has 114 valence electrons. The van der Waals surface area contributed by atoms with Crippen LogP contribution in [0.15, 0.2) is 60.8 Å². The fourth-order valence-electron chi connectivity index (χ4n) is 2.83. The predicted molar refractivity (Wildman–Crippen MR) is 91.5 cm³/mol. The van der Waals surface area contributed by atoms with E-state index in [1.54, 1.807) is 0 Å². The molecular weight excluding hydrogens is 287 g/mol. The van der Waals surface area contributed by atoms with Crippen LogP contribution in [-0.4, -0.2) is 29.7 Å². The van der Waals surface area contributed by atoms with Crippen molar-refractivity contribution in [3.05, 3.63) is 71.9 Å². The first-order chi connectivity index (χ1) is 11.2.